The molecule has 354 valence electrons. The van der Waals surface area contributed by atoms with E-state index in [1.165, 1.54) is 25.3 Å². The molecule has 0 radical (unpaired) electrons. The summed E-state index contributed by atoms with van der Waals surface area (Å²) in [5.74, 6) is -2.88. The van der Waals surface area contributed by atoms with Crippen molar-refractivity contribution in [2.24, 2.45) is 5.73 Å². The van der Waals surface area contributed by atoms with E-state index in [2.05, 4.69) is 54.0 Å². The Morgan fingerprint density at radius 3 is 1.78 bits per heavy atom. The van der Waals surface area contributed by atoms with Crippen LogP contribution in [0.1, 0.15) is 110 Å². The zero-order chi connectivity index (χ0) is 46.8. The molecule has 0 amide bonds. The summed E-state index contributed by atoms with van der Waals surface area (Å²) in [4.78, 5) is 46.0. The van der Waals surface area contributed by atoms with E-state index >= 15 is 0 Å². The summed E-state index contributed by atoms with van der Waals surface area (Å²) >= 11 is 0. The Kier molecular flexibility index (Phi) is 37.8. The Morgan fingerprint density at radius 2 is 1.19 bits per heavy atom. The van der Waals surface area contributed by atoms with E-state index in [1.54, 1.807) is 42.5 Å². The van der Waals surface area contributed by atoms with Crippen molar-refractivity contribution >= 4 is 25.7 Å². The standard InChI is InChI=1S/C48H74NO13P/c1-3-5-7-8-9-10-11-12-13-14-15-16-17-18-19-20-21-26-30-36-46(53)59-38-42(39-60-63(57,58)61-40-43(49)48(55)56)62-47(54)37-31-35-45(52)44(51)34-29-25-23-22-24-28-33-41(50)32-27-6-4-2/h6,9-10,12-13,15-16,18-19,21-29,33-34,41-45,50-52H,3-5,7-8,11,14,17,20,30-32,35-40,49H2,1-2H3,(H,55,56)(H,57,58)/b10-9-,13-12-,16-15-,19-18-,24-22+,25-23-,26-21-,27-6-,33-28+,34-29-/t41-,42+,43-,44+,45+/m0/s1. The van der Waals surface area contributed by atoms with Gasteiger partial charge in [0.2, 0.25) is 0 Å². The fourth-order valence-electron chi connectivity index (χ4n) is 4.97. The van der Waals surface area contributed by atoms with Crippen LogP contribution in [0, 0.1) is 0 Å². The van der Waals surface area contributed by atoms with Crippen LogP contribution in [-0.2, 0) is 37.5 Å². The summed E-state index contributed by atoms with van der Waals surface area (Å²) in [5, 5.41) is 39.3. The monoisotopic (exact) mass is 903 g/mol. The van der Waals surface area contributed by atoms with Crippen LogP contribution in [0.15, 0.2) is 122 Å². The first-order chi connectivity index (χ1) is 30.3. The number of esters is 2. The maximum absolute atomic E-state index is 12.7. The molecule has 6 atom stereocenters. The number of carbonyl (C=O) groups excluding carboxylic acids is 2. The lowest BCUT2D eigenvalue weighted by molar-refractivity contribution is -0.161. The van der Waals surface area contributed by atoms with Gasteiger partial charge in [0.15, 0.2) is 6.10 Å². The van der Waals surface area contributed by atoms with Gasteiger partial charge in [0.25, 0.3) is 0 Å². The second-order valence-corrected chi connectivity index (χ2v) is 15.8. The van der Waals surface area contributed by atoms with Gasteiger partial charge in [-0.15, -0.1) is 0 Å². The normalized spacial score (nSPS) is 16.3. The zero-order valence-electron chi connectivity index (χ0n) is 37.2. The predicted molar refractivity (Wildman–Crippen MR) is 248 cm³/mol. The highest BCUT2D eigenvalue weighted by atomic mass is 31.2. The van der Waals surface area contributed by atoms with Gasteiger partial charge >= 0.3 is 25.7 Å². The van der Waals surface area contributed by atoms with Gasteiger partial charge in [-0.2, -0.15) is 0 Å². The summed E-state index contributed by atoms with van der Waals surface area (Å²) in [7, 11) is -4.84. The van der Waals surface area contributed by atoms with Crippen LogP contribution in [0.3, 0.4) is 0 Å². The van der Waals surface area contributed by atoms with E-state index in [-0.39, 0.29) is 25.7 Å². The average Bonchev–Trinajstić information content (AvgIpc) is 3.25. The highest BCUT2D eigenvalue weighted by Crippen LogP contribution is 2.43. The molecule has 0 aliphatic rings. The molecule has 0 aliphatic heterocycles. The molecule has 15 heteroatoms. The molecule has 0 aromatic carbocycles. The van der Waals surface area contributed by atoms with Crippen molar-refractivity contribution in [1.82, 2.24) is 0 Å². The molecule has 0 aromatic heterocycles. The number of nitrogens with two attached hydrogens (primary N) is 1. The number of allylic oxidation sites excluding steroid dienone is 17. The number of aliphatic hydroxyl groups excluding tert-OH is 3. The summed E-state index contributed by atoms with van der Waals surface area (Å²) < 4.78 is 32.4. The lowest BCUT2D eigenvalue weighted by Crippen LogP contribution is -2.34. The molecular weight excluding hydrogens is 829 g/mol. The SMILES string of the molecule is CC/C=C\C[C@H](O)/C=C/C=C/C=C\C=C/[C@@H](O)[C@H](O)CCCC(=O)O[C@H](COC(=O)CC/C=C\C/C=C\C/C=C\C/C=C\C/C=C\CCCCC)COP(=O)(O)OC[C@H](N)C(=O)O. The maximum atomic E-state index is 12.7. The topological polar surface area (TPSA) is 232 Å². The number of rotatable bonds is 38. The number of phosphoric ester groups is 1. The van der Waals surface area contributed by atoms with E-state index in [4.69, 9.17) is 24.8 Å². The highest BCUT2D eigenvalue weighted by molar-refractivity contribution is 7.47. The van der Waals surface area contributed by atoms with Gasteiger partial charge in [0, 0.05) is 12.8 Å². The minimum Gasteiger partial charge on any atom is -0.480 e. The number of carbonyl (C=O) groups is 3. The van der Waals surface area contributed by atoms with Crippen molar-refractivity contribution in [3.63, 3.8) is 0 Å². The maximum Gasteiger partial charge on any atom is 0.472 e. The minimum absolute atomic E-state index is 0.0161. The molecule has 14 nitrogen and oxygen atoms in total. The molecule has 0 rings (SSSR count). The fraction of sp³-hybridized carbons (Fsp3) is 0.521. The van der Waals surface area contributed by atoms with Gasteiger partial charge in [0.1, 0.15) is 12.6 Å². The van der Waals surface area contributed by atoms with Crippen molar-refractivity contribution in [3.05, 3.63) is 122 Å². The Hall–Kier alpha value is -4.24. The van der Waals surface area contributed by atoms with Gasteiger partial charge in [-0.25, -0.2) is 4.57 Å². The van der Waals surface area contributed by atoms with Crippen LogP contribution in [0.25, 0.3) is 0 Å². The van der Waals surface area contributed by atoms with Crippen molar-refractivity contribution in [2.45, 2.75) is 141 Å². The van der Waals surface area contributed by atoms with E-state index in [0.29, 0.717) is 19.3 Å². The molecule has 7 N–H and O–H groups in total. The number of ether oxygens (including phenoxy) is 2. The molecule has 0 fully saturated rings. The van der Waals surface area contributed by atoms with Gasteiger partial charge < -0.3 is 40.5 Å². The number of hydrogen-bond acceptors (Lipinski definition) is 12. The van der Waals surface area contributed by atoms with E-state index in [9.17, 15) is 39.2 Å². The predicted octanol–water partition coefficient (Wildman–Crippen LogP) is 8.52. The van der Waals surface area contributed by atoms with E-state index < -0.39 is 76.0 Å². The van der Waals surface area contributed by atoms with Crippen molar-refractivity contribution in [1.29, 1.82) is 0 Å². The minimum atomic E-state index is -4.84. The third kappa shape index (κ3) is 39.1. The molecule has 0 aliphatic carbocycles. The third-order valence-electron chi connectivity index (χ3n) is 8.55. The van der Waals surface area contributed by atoms with Crippen molar-refractivity contribution < 1.29 is 62.8 Å². The number of carboxylic acid groups (broad SMARTS) is 1. The number of hydrogen-bond donors (Lipinski definition) is 6. The summed E-state index contributed by atoms with van der Waals surface area (Å²) in [6, 6.07) is -1.60. The van der Waals surface area contributed by atoms with Crippen molar-refractivity contribution in [2.75, 3.05) is 19.8 Å². The second-order valence-electron chi connectivity index (χ2n) is 14.3. The van der Waals surface area contributed by atoms with E-state index in [1.807, 2.05) is 37.3 Å². The number of carboxylic acids is 1. The number of unbranched alkanes of at least 4 members (excludes halogenated alkanes) is 3. The first-order valence-corrected chi connectivity index (χ1v) is 23.4. The second kappa shape index (κ2) is 40.5. The molecule has 0 saturated heterocycles. The van der Waals surface area contributed by atoms with E-state index in [0.717, 1.165) is 32.1 Å². The lowest BCUT2D eigenvalue weighted by Gasteiger charge is -2.20. The number of aliphatic carboxylic acids is 1. The zero-order valence-corrected chi connectivity index (χ0v) is 38.1. The van der Waals surface area contributed by atoms with Gasteiger partial charge in [0.05, 0.1) is 31.5 Å². The molecule has 63 heavy (non-hydrogen) atoms. The average molecular weight is 904 g/mol. The fourth-order valence-corrected chi connectivity index (χ4v) is 5.75. The van der Waals surface area contributed by atoms with Gasteiger partial charge in [-0.1, -0.05) is 148 Å². The summed E-state index contributed by atoms with van der Waals surface area (Å²) in [5.41, 5.74) is 5.31. The number of aliphatic hydroxyl groups is 3. The smallest absolute Gasteiger partial charge is 0.472 e. The van der Waals surface area contributed by atoms with Crippen LogP contribution < -0.4 is 5.73 Å². The third-order valence-corrected chi connectivity index (χ3v) is 9.50. The molecule has 0 spiro atoms. The Balaban J connectivity index is 4.83. The van der Waals surface area contributed by atoms with Crippen molar-refractivity contribution in [3.8, 4) is 0 Å². The Bertz CT molecular complexity index is 1580. The van der Waals surface area contributed by atoms with Crippen LogP contribution in [0.2, 0.25) is 0 Å². The van der Waals surface area contributed by atoms with Crippen LogP contribution in [-0.4, -0.2) is 93.5 Å². The van der Waals surface area contributed by atoms with Gasteiger partial charge in [-0.3, -0.25) is 23.4 Å². The highest BCUT2D eigenvalue weighted by Gasteiger charge is 2.28. The largest absolute Gasteiger partial charge is 0.480 e. The molecular formula is C48H74NO13P. The van der Waals surface area contributed by atoms with Crippen LogP contribution >= 0.6 is 7.82 Å². The Morgan fingerprint density at radius 1 is 0.635 bits per heavy atom. The first-order valence-electron chi connectivity index (χ1n) is 21.9. The molecule has 0 bridgehead atoms. The summed E-state index contributed by atoms with van der Waals surface area (Å²) in [6.45, 7) is 2.13. The number of phosphoric acid groups is 1. The van der Waals surface area contributed by atoms with Crippen LogP contribution in [0.4, 0.5) is 0 Å². The lowest BCUT2D eigenvalue weighted by atomic mass is 10.1. The summed E-state index contributed by atoms with van der Waals surface area (Å²) in [6.07, 6.45) is 43.7. The molecule has 0 saturated carbocycles. The molecule has 0 aromatic rings. The van der Waals surface area contributed by atoms with Crippen LogP contribution in [0.5, 0.6) is 0 Å². The first kappa shape index (κ1) is 58.8. The van der Waals surface area contributed by atoms with Gasteiger partial charge in [-0.05, 0) is 70.6 Å². The quantitative estimate of drug-likeness (QED) is 0.0112. The molecule has 0 heterocycles. The molecule has 1 unspecified atom stereocenters. The Labute approximate surface area is 375 Å².